The van der Waals surface area contributed by atoms with Crippen LogP contribution in [0, 0.1) is 0 Å². The van der Waals surface area contributed by atoms with E-state index in [0.717, 1.165) is 47.2 Å². The van der Waals surface area contributed by atoms with Gasteiger partial charge in [0.05, 0.1) is 6.54 Å². The van der Waals surface area contributed by atoms with E-state index in [0.29, 0.717) is 11.6 Å². The SMILES string of the molecule is CN(C)c1cc(N2CCc3onc(-c4ccc(Cl)cc4)c3C2)ncn1. The van der Waals surface area contributed by atoms with Crippen LogP contribution < -0.4 is 9.80 Å². The summed E-state index contributed by atoms with van der Waals surface area (Å²) in [5.41, 5.74) is 2.99. The van der Waals surface area contributed by atoms with Gasteiger partial charge in [0.2, 0.25) is 0 Å². The minimum Gasteiger partial charge on any atom is -0.363 e. The lowest BCUT2D eigenvalue weighted by Crippen LogP contribution is -2.31. The van der Waals surface area contributed by atoms with Crippen LogP contribution in [0.2, 0.25) is 5.02 Å². The Morgan fingerprint density at radius 1 is 1.16 bits per heavy atom. The first-order valence-electron chi connectivity index (χ1n) is 8.09. The summed E-state index contributed by atoms with van der Waals surface area (Å²) in [5.74, 6) is 2.75. The van der Waals surface area contributed by atoms with E-state index >= 15 is 0 Å². The Morgan fingerprint density at radius 2 is 1.96 bits per heavy atom. The molecule has 0 unspecified atom stereocenters. The average Bonchev–Trinajstić information content (AvgIpc) is 3.05. The monoisotopic (exact) mass is 355 g/mol. The van der Waals surface area contributed by atoms with Crippen molar-refractivity contribution in [2.45, 2.75) is 13.0 Å². The zero-order valence-electron chi connectivity index (χ0n) is 14.1. The van der Waals surface area contributed by atoms with Crippen LogP contribution in [0.1, 0.15) is 11.3 Å². The molecule has 0 saturated heterocycles. The number of hydrogen-bond donors (Lipinski definition) is 0. The van der Waals surface area contributed by atoms with Crippen LogP contribution in [0.25, 0.3) is 11.3 Å². The van der Waals surface area contributed by atoms with Gasteiger partial charge in [-0.1, -0.05) is 28.9 Å². The fourth-order valence-electron chi connectivity index (χ4n) is 2.99. The highest BCUT2D eigenvalue weighted by atomic mass is 35.5. The van der Waals surface area contributed by atoms with Gasteiger partial charge in [0.1, 0.15) is 29.4 Å². The van der Waals surface area contributed by atoms with Gasteiger partial charge in [-0.05, 0) is 12.1 Å². The molecular weight excluding hydrogens is 338 g/mol. The van der Waals surface area contributed by atoms with Crippen molar-refractivity contribution in [3.63, 3.8) is 0 Å². The molecule has 6 nitrogen and oxygen atoms in total. The lowest BCUT2D eigenvalue weighted by atomic mass is 10.0. The second-order valence-corrected chi connectivity index (χ2v) is 6.68. The van der Waals surface area contributed by atoms with Crippen molar-refractivity contribution in [2.24, 2.45) is 0 Å². The Labute approximate surface area is 151 Å². The summed E-state index contributed by atoms with van der Waals surface area (Å²) in [6.45, 7) is 1.55. The maximum absolute atomic E-state index is 5.99. The lowest BCUT2D eigenvalue weighted by molar-refractivity contribution is 0.379. The van der Waals surface area contributed by atoms with Crippen LogP contribution in [0.5, 0.6) is 0 Å². The number of aromatic nitrogens is 3. The minimum absolute atomic E-state index is 0.708. The summed E-state index contributed by atoms with van der Waals surface area (Å²) in [4.78, 5) is 12.9. The number of halogens is 1. The van der Waals surface area contributed by atoms with Crippen LogP contribution >= 0.6 is 11.6 Å². The number of nitrogens with zero attached hydrogens (tertiary/aromatic N) is 5. The van der Waals surface area contributed by atoms with Gasteiger partial charge >= 0.3 is 0 Å². The second kappa shape index (κ2) is 6.37. The zero-order valence-corrected chi connectivity index (χ0v) is 14.9. The number of fused-ring (bicyclic) bond motifs is 1. The third-order valence-corrected chi connectivity index (χ3v) is 4.62. The summed E-state index contributed by atoms with van der Waals surface area (Å²) in [6.07, 6.45) is 2.41. The van der Waals surface area contributed by atoms with Gasteiger partial charge in [0.15, 0.2) is 0 Å². The van der Waals surface area contributed by atoms with Crippen molar-refractivity contribution in [1.82, 2.24) is 15.1 Å². The first-order valence-corrected chi connectivity index (χ1v) is 8.47. The molecule has 0 saturated carbocycles. The molecule has 2 aromatic heterocycles. The predicted molar refractivity (Wildman–Crippen MR) is 98.1 cm³/mol. The summed E-state index contributed by atoms with van der Waals surface area (Å²) in [7, 11) is 3.94. The number of anilines is 2. The zero-order chi connectivity index (χ0) is 17.4. The molecule has 4 rings (SSSR count). The number of benzene rings is 1. The van der Waals surface area contributed by atoms with Crippen molar-refractivity contribution >= 4 is 23.2 Å². The third-order valence-electron chi connectivity index (χ3n) is 4.37. The fraction of sp³-hybridized carbons (Fsp3) is 0.278. The number of rotatable bonds is 3. The molecule has 25 heavy (non-hydrogen) atoms. The van der Waals surface area contributed by atoms with Gasteiger partial charge in [-0.2, -0.15) is 0 Å². The highest BCUT2D eigenvalue weighted by Gasteiger charge is 2.26. The van der Waals surface area contributed by atoms with Gasteiger partial charge in [-0.25, -0.2) is 9.97 Å². The third kappa shape index (κ3) is 3.05. The second-order valence-electron chi connectivity index (χ2n) is 6.24. The quantitative estimate of drug-likeness (QED) is 0.717. The molecule has 1 aromatic carbocycles. The summed E-state index contributed by atoms with van der Waals surface area (Å²) < 4.78 is 5.57. The standard InChI is InChI=1S/C18H18ClN5O/c1-23(2)16-9-17(21-11-20-16)24-8-7-15-14(10-24)18(22-25-15)12-3-5-13(19)6-4-12/h3-6,9,11H,7-8,10H2,1-2H3. The molecule has 0 amide bonds. The molecule has 0 bridgehead atoms. The Bertz CT molecular complexity index is 891. The first kappa shape index (κ1) is 15.9. The van der Waals surface area contributed by atoms with Gasteiger partial charge in [0.25, 0.3) is 0 Å². The van der Waals surface area contributed by atoms with E-state index < -0.39 is 0 Å². The van der Waals surface area contributed by atoms with E-state index in [4.69, 9.17) is 16.1 Å². The van der Waals surface area contributed by atoms with E-state index in [9.17, 15) is 0 Å². The normalized spacial score (nSPS) is 13.6. The lowest BCUT2D eigenvalue weighted by Gasteiger charge is -2.27. The highest BCUT2D eigenvalue weighted by molar-refractivity contribution is 6.30. The van der Waals surface area contributed by atoms with E-state index in [-0.39, 0.29) is 0 Å². The van der Waals surface area contributed by atoms with Crippen molar-refractivity contribution in [2.75, 3.05) is 30.4 Å². The van der Waals surface area contributed by atoms with Crippen LogP contribution in [-0.2, 0) is 13.0 Å². The molecule has 0 radical (unpaired) electrons. The smallest absolute Gasteiger partial charge is 0.144 e. The molecular formula is C18H18ClN5O. The minimum atomic E-state index is 0.708. The van der Waals surface area contributed by atoms with Crippen molar-refractivity contribution in [1.29, 1.82) is 0 Å². The van der Waals surface area contributed by atoms with Crippen LogP contribution in [0.4, 0.5) is 11.6 Å². The molecule has 0 atom stereocenters. The maximum Gasteiger partial charge on any atom is 0.144 e. The molecule has 3 aromatic rings. The van der Waals surface area contributed by atoms with E-state index in [1.165, 1.54) is 0 Å². The Balaban J connectivity index is 1.66. The molecule has 0 spiro atoms. The van der Waals surface area contributed by atoms with E-state index in [1.54, 1.807) is 6.33 Å². The molecule has 1 aliphatic rings. The topological polar surface area (TPSA) is 58.3 Å². The molecule has 128 valence electrons. The molecule has 1 aliphatic heterocycles. The Hall–Kier alpha value is -2.60. The number of hydrogen-bond acceptors (Lipinski definition) is 6. The summed E-state index contributed by atoms with van der Waals surface area (Å²) in [5, 5.41) is 4.99. The van der Waals surface area contributed by atoms with Crippen molar-refractivity contribution < 1.29 is 4.52 Å². The highest BCUT2D eigenvalue weighted by Crippen LogP contribution is 2.32. The van der Waals surface area contributed by atoms with Crippen molar-refractivity contribution in [3.05, 3.63) is 53.0 Å². The average molecular weight is 356 g/mol. The molecule has 7 heteroatoms. The molecule has 0 fully saturated rings. The van der Waals surface area contributed by atoms with Crippen LogP contribution in [0.3, 0.4) is 0 Å². The molecule has 0 N–H and O–H groups in total. The summed E-state index contributed by atoms with van der Waals surface area (Å²) in [6, 6.07) is 9.67. The van der Waals surface area contributed by atoms with Crippen molar-refractivity contribution in [3.8, 4) is 11.3 Å². The van der Waals surface area contributed by atoms with E-state index in [1.807, 2.05) is 49.3 Å². The van der Waals surface area contributed by atoms with E-state index in [2.05, 4.69) is 20.0 Å². The van der Waals surface area contributed by atoms with Gasteiger partial charge in [-0.15, -0.1) is 0 Å². The van der Waals surface area contributed by atoms with Crippen LogP contribution in [-0.4, -0.2) is 35.8 Å². The molecule has 0 aliphatic carbocycles. The fourth-order valence-corrected chi connectivity index (χ4v) is 3.12. The van der Waals surface area contributed by atoms with Gasteiger partial charge < -0.3 is 14.3 Å². The maximum atomic E-state index is 5.99. The Kier molecular flexibility index (Phi) is 4.05. The van der Waals surface area contributed by atoms with Gasteiger partial charge in [0, 0.05) is 49.3 Å². The largest absolute Gasteiger partial charge is 0.363 e. The van der Waals surface area contributed by atoms with Gasteiger partial charge in [-0.3, -0.25) is 0 Å². The first-order chi connectivity index (χ1) is 12.1. The van der Waals surface area contributed by atoms with Crippen LogP contribution in [0.15, 0.2) is 41.2 Å². The predicted octanol–water partition coefficient (Wildman–Crippen LogP) is 3.41. The molecule has 3 heterocycles. The summed E-state index contributed by atoms with van der Waals surface area (Å²) >= 11 is 5.99. The Morgan fingerprint density at radius 3 is 2.72 bits per heavy atom.